The van der Waals surface area contributed by atoms with Crippen molar-refractivity contribution < 1.29 is 27.9 Å². The number of methoxy groups -OCH3 is 1. The van der Waals surface area contributed by atoms with Gasteiger partial charge in [-0.15, -0.1) is 11.3 Å². The van der Waals surface area contributed by atoms with Crippen LogP contribution in [0.3, 0.4) is 0 Å². The summed E-state index contributed by atoms with van der Waals surface area (Å²) in [6.07, 6.45) is 0.347. The van der Waals surface area contributed by atoms with Crippen molar-refractivity contribution in [1.29, 1.82) is 0 Å². The van der Waals surface area contributed by atoms with E-state index in [0.717, 1.165) is 11.3 Å². The molecule has 1 atom stereocenters. The highest BCUT2D eigenvalue weighted by Gasteiger charge is 2.24. The number of sulfonamides is 1. The molecule has 118 valence electrons. The molecule has 1 heterocycles. The average Bonchev–Trinajstić information content (AvgIpc) is 2.92. The first-order valence-corrected chi connectivity index (χ1v) is 8.51. The zero-order valence-electron chi connectivity index (χ0n) is 11.7. The largest absolute Gasteiger partial charge is 0.481 e. The van der Waals surface area contributed by atoms with E-state index in [2.05, 4.69) is 9.46 Å². The zero-order chi connectivity index (χ0) is 16.0. The van der Waals surface area contributed by atoms with Gasteiger partial charge in [-0.1, -0.05) is 6.92 Å². The lowest BCUT2D eigenvalue weighted by atomic mass is 10.1. The molecule has 1 aromatic heterocycles. The van der Waals surface area contributed by atoms with Crippen LogP contribution in [0.4, 0.5) is 0 Å². The first-order valence-electron chi connectivity index (χ1n) is 6.15. The lowest BCUT2D eigenvalue weighted by molar-refractivity contribution is -0.137. The molecule has 1 unspecified atom stereocenters. The van der Waals surface area contributed by atoms with E-state index in [0.29, 0.717) is 6.42 Å². The van der Waals surface area contributed by atoms with Gasteiger partial charge in [-0.25, -0.2) is 17.9 Å². The maximum Gasteiger partial charge on any atom is 0.349 e. The monoisotopic (exact) mass is 335 g/mol. The highest BCUT2D eigenvalue weighted by atomic mass is 32.2. The highest BCUT2D eigenvalue weighted by molar-refractivity contribution is 7.89. The molecule has 0 amide bonds. The van der Waals surface area contributed by atoms with Crippen LogP contribution in [0, 0.1) is 5.92 Å². The first kappa shape index (κ1) is 17.6. The topological polar surface area (TPSA) is 110 Å². The van der Waals surface area contributed by atoms with Crippen molar-refractivity contribution in [3.05, 3.63) is 16.3 Å². The summed E-state index contributed by atoms with van der Waals surface area (Å²) >= 11 is 0.986. The number of hydrogen-bond donors (Lipinski definition) is 2. The van der Waals surface area contributed by atoms with Gasteiger partial charge in [-0.05, 0) is 23.8 Å². The van der Waals surface area contributed by atoms with Crippen LogP contribution in [-0.2, 0) is 19.6 Å². The normalized spacial score (nSPS) is 12.9. The van der Waals surface area contributed by atoms with E-state index in [-0.39, 0.29) is 28.7 Å². The van der Waals surface area contributed by atoms with Gasteiger partial charge in [0.1, 0.15) is 9.77 Å². The minimum atomic E-state index is -3.82. The van der Waals surface area contributed by atoms with Crippen LogP contribution < -0.4 is 4.72 Å². The first-order chi connectivity index (χ1) is 9.77. The zero-order valence-corrected chi connectivity index (χ0v) is 13.3. The minimum Gasteiger partial charge on any atom is -0.481 e. The second kappa shape index (κ2) is 7.53. The predicted molar refractivity (Wildman–Crippen MR) is 76.9 cm³/mol. The van der Waals surface area contributed by atoms with Crippen molar-refractivity contribution in [3.63, 3.8) is 0 Å². The van der Waals surface area contributed by atoms with E-state index in [4.69, 9.17) is 5.11 Å². The van der Waals surface area contributed by atoms with E-state index < -0.39 is 22.0 Å². The molecule has 0 aliphatic carbocycles. The van der Waals surface area contributed by atoms with Gasteiger partial charge in [-0.2, -0.15) is 0 Å². The van der Waals surface area contributed by atoms with Crippen molar-refractivity contribution in [2.45, 2.75) is 24.7 Å². The maximum absolute atomic E-state index is 12.1. The molecule has 0 aliphatic rings. The van der Waals surface area contributed by atoms with Gasteiger partial charge in [0.05, 0.1) is 7.11 Å². The summed E-state index contributed by atoms with van der Waals surface area (Å²) in [6.45, 7) is 1.85. The minimum absolute atomic E-state index is 0.0168. The van der Waals surface area contributed by atoms with Crippen molar-refractivity contribution in [2.75, 3.05) is 13.7 Å². The van der Waals surface area contributed by atoms with Crippen molar-refractivity contribution in [2.24, 2.45) is 5.92 Å². The number of carbonyl (C=O) groups is 2. The second-order valence-electron chi connectivity index (χ2n) is 4.50. The Morgan fingerprint density at radius 2 is 2.14 bits per heavy atom. The summed E-state index contributed by atoms with van der Waals surface area (Å²) in [5.41, 5.74) is 0. The fourth-order valence-corrected chi connectivity index (χ4v) is 4.05. The SMILES string of the molecule is COC(=O)c1sccc1S(=O)(=O)NCC(C)CCC(=O)O. The Morgan fingerprint density at radius 1 is 1.48 bits per heavy atom. The molecule has 0 saturated carbocycles. The van der Waals surface area contributed by atoms with Crippen LogP contribution in [0.2, 0.25) is 0 Å². The summed E-state index contributed by atoms with van der Waals surface area (Å²) in [4.78, 5) is 21.8. The summed E-state index contributed by atoms with van der Waals surface area (Å²) < 4.78 is 31.2. The van der Waals surface area contributed by atoms with Crippen LogP contribution in [-0.4, -0.2) is 39.1 Å². The Balaban J connectivity index is 2.72. The Labute approximate surface area is 127 Å². The fraction of sp³-hybridized carbons (Fsp3) is 0.500. The van der Waals surface area contributed by atoms with Crippen LogP contribution in [0.1, 0.15) is 29.4 Å². The molecule has 2 N–H and O–H groups in total. The van der Waals surface area contributed by atoms with Gasteiger partial charge in [0.2, 0.25) is 10.0 Å². The number of carboxylic acid groups (broad SMARTS) is 1. The van der Waals surface area contributed by atoms with E-state index in [1.165, 1.54) is 18.6 Å². The molecule has 0 bridgehead atoms. The van der Waals surface area contributed by atoms with Crippen molar-refractivity contribution >= 4 is 33.3 Å². The highest BCUT2D eigenvalue weighted by Crippen LogP contribution is 2.22. The number of thiophene rings is 1. The molecule has 0 radical (unpaired) electrons. The summed E-state index contributed by atoms with van der Waals surface area (Å²) in [5, 5.41) is 10.1. The van der Waals surface area contributed by atoms with Gasteiger partial charge in [0, 0.05) is 13.0 Å². The number of nitrogens with one attached hydrogen (secondary N) is 1. The Kier molecular flexibility index (Phi) is 6.31. The molecule has 0 saturated heterocycles. The number of carbonyl (C=O) groups excluding carboxylic acids is 1. The molecule has 9 heteroatoms. The molecule has 1 aromatic rings. The van der Waals surface area contributed by atoms with Gasteiger partial charge in [-0.3, -0.25) is 4.79 Å². The summed E-state index contributed by atoms with van der Waals surface area (Å²) in [7, 11) is -2.64. The second-order valence-corrected chi connectivity index (χ2v) is 7.15. The molecule has 1 rings (SSSR count). The quantitative estimate of drug-likeness (QED) is 0.693. The third-order valence-electron chi connectivity index (χ3n) is 2.76. The summed E-state index contributed by atoms with van der Waals surface area (Å²) in [6, 6.07) is 1.33. The van der Waals surface area contributed by atoms with Gasteiger partial charge < -0.3 is 9.84 Å². The Morgan fingerprint density at radius 3 is 2.71 bits per heavy atom. The van der Waals surface area contributed by atoms with E-state index in [1.54, 1.807) is 6.92 Å². The standard InChI is InChI=1S/C12H17NO6S2/c1-8(3-4-10(14)15)7-13-21(17,18)9-5-6-20-11(9)12(16)19-2/h5-6,8,13H,3-4,7H2,1-2H3,(H,14,15). The molecular formula is C12H17NO6S2. The van der Waals surface area contributed by atoms with Crippen molar-refractivity contribution in [1.82, 2.24) is 4.72 Å². The Bertz CT molecular complexity index is 607. The van der Waals surface area contributed by atoms with Crippen LogP contribution in [0.15, 0.2) is 16.3 Å². The molecule has 0 spiro atoms. The number of hydrogen-bond acceptors (Lipinski definition) is 6. The molecule has 0 aliphatic heterocycles. The third kappa shape index (κ3) is 5.10. The number of rotatable bonds is 8. The molecule has 21 heavy (non-hydrogen) atoms. The number of carboxylic acids is 1. The van der Waals surface area contributed by atoms with Crippen molar-refractivity contribution in [3.8, 4) is 0 Å². The lowest BCUT2D eigenvalue weighted by Crippen LogP contribution is -2.29. The van der Waals surface area contributed by atoms with E-state index in [9.17, 15) is 18.0 Å². The molecular weight excluding hydrogens is 318 g/mol. The number of ether oxygens (including phenoxy) is 1. The van der Waals surface area contributed by atoms with Crippen LogP contribution in [0.5, 0.6) is 0 Å². The lowest BCUT2D eigenvalue weighted by Gasteiger charge is -2.12. The smallest absolute Gasteiger partial charge is 0.349 e. The Hall–Kier alpha value is -1.45. The number of esters is 1. The molecule has 0 aromatic carbocycles. The third-order valence-corrected chi connectivity index (χ3v) is 5.25. The maximum atomic E-state index is 12.1. The van der Waals surface area contributed by atoms with Gasteiger partial charge in [0.15, 0.2) is 0 Å². The molecule has 7 nitrogen and oxygen atoms in total. The van der Waals surface area contributed by atoms with Gasteiger partial charge >= 0.3 is 11.9 Å². The summed E-state index contributed by atoms with van der Waals surface area (Å²) in [5.74, 6) is -1.75. The van der Waals surface area contributed by atoms with E-state index >= 15 is 0 Å². The van der Waals surface area contributed by atoms with Crippen LogP contribution >= 0.6 is 11.3 Å². The fourth-order valence-electron chi connectivity index (χ4n) is 1.55. The van der Waals surface area contributed by atoms with E-state index in [1.807, 2.05) is 0 Å². The predicted octanol–water partition coefficient (Wildman–Crippen LogP) is 1.31. The molecule has 0 fully saturated rings. The number of aliphatic carboxylic acids is 1. The average molecular weight is 335 g/mol. The van der Waals surface area contributed by atoms with Gasteiger partial charge in [0.25, 0.3) is 0 Å². The van der Waals surface area contributed by atoms with Crippen LogP contribution in [0.25, 0.3) is 0 Å².